The number of benzene rings is 1. The number of fused-ring (bicyclic) bond motifs is 3. The zero-order valence-corrected chi connectivity index (χ0v) is 15.6. The Morgan fingerprint density at radius 2 is 2.04 bits per heavy atom. The number of aromatic nitrogens is 3. The summed E-state index contributed by atoms with van der Waals surface area (Å²) in [4.78, 5) is 27.6. The molecule has 1 aromatic carbocycles. The van der Waals surface area contributed by atoms with Crippen LogP contribution < -0.4 is 10.9 Å². The fourth-order valence-electron chi connectivity index (χ4n) is 3.40. The van der Waals surface area contributed by atoms with Crippen molar-refractivity contribution in [3.8, 4) is 0 Å². The molecular formula is C19H20N4O2S. The van der Waals surface area contributed by atoms with Crippen molar-refractivity contribution < 1.29 is 4.79 Å². The minimum absolute atomic E-state index is 0.221. The first-order chi connectivity index (χ1) is 12.6. The Morgan fingerprint density at radius 3 is 2.85 bits per heavy atom. The fourth-order valence-corrected chi connectivity index (χ4v) is 4.60. The molecule has 2 heterocycles. The summed E-state index contributed by atoms with van der Waals surface area (Å²) in [6.45, 7) is 3.60. The van der Waals surface area contributed by atoms with Crippen molar-refractivity contribution >= 4 is 33.1 Å². The van der Waals surface area contributed by atoms with Crippen molar-refractivity contribution in [3.05, 3.63) is 50.6 Å². The van der Waals surface area contributed by atoms with Crippen LogP contribution in [-0.2, 0) is 17.6 Å². The van der Waals surface area contributed by atoms with Crippen LogP contribution in [0.25, 0.3) is 10.2 Å². The summed E-state index contributed by atoms with van der Waals surface area (Å²) in [7, 11) is 0. The number of anilines is 1. The lowest BCUT2D eigenvalue weighted by Gasteiger charge is -2.15. The lowest BCUT2D eigenvalue weighted by atomic mass is 9.97. The second kappa shape index (κ2) is 6.64. The molecule has 1 amide bonds. The van der Waals surface area contributed by atoms with Gasteiger partial charge in [0.05, 0.1) is 5.39 Å². The van der Waals surface area contributed by atoms with Gasteiger partial charge in [0.25, 0.3) is 5.56 Å². The van der Waals surface area contributed by atoms with E-state index in [9.17, 15) is 9.59 Å². The van der Waals surface area contributed by atoms with E-state index in [-0.39, 0.29) is 11.5 Å². The molecule has 26 heavy (non-hydrogen) atoms. The summed E-state index contributed by atoms with van der Waals surface area (Å²) >= 11 is 1.56. The van der Waals surface area contributed by atoms with Gasteiger partial charge >= 0.3 is 0 Å². The molecule has 0 spiro atoms. The topological polar surface area (TPSA) is 76.9 Å². The molecule has 6 nitrogen and oxygen atoms in total. The van der Waals surface area contributed by atoms with E-state index in [1.807, 2.05) is 31.2 Å². The minimum atomic E-state index is -0.738. The first-order valence-corrected chi connectivity index (χ1v) is 9.64. The molecule has 4 rings (SSSR count). The number of rotatable bonds is 3. The van der Waals surface area contributed by atoms with E-state index in [0.29, 0.717) is 10.2 Å². The van der Waals surface area contributed by atoms with Gasteiger partial charge in [-0.15, -0.1) is 16.4 Å². The molecule has 0 fully saturated rings. The number of para-hydroxylation sites is 1. The van der Waals surface area contributed by atoms with Gasteiger partial charge in [-0.2, -0.15) is 4.68 Å². The van der Waals surface area contributed by atoms with Gasteiger partial charge in [-0.1, -0.05) is 23.4 Å². The molecule has 7 heteroatoms. The number of carbonyl (C=O) groups is 1. The van der Waals surface area contributed by atoms with Crippen LogP contribution in [-0.4, -0.2) is 20.9 Å². The lowest BCUT2D eigenvalue weighted by Crippen LogP contribution is -2.34. The number of carbonyl (C=O) groups excluding carboxylic acids is 1. The van der Waals surface area contributed by atoms with E-state index in [1.165, 1.54) is 9.56 Å². The van der Waals surface area contributed by atoms with E-state index < -0.39 is 6.04 Å². The predicted molar refractivity (Wildman–Crippen MR) is 103 cm³/mol. The van der Waals surface area contributed by atoms with Gasteiger partial charge in [-0.3, -0.25) is 9.59 Å². The third-order valence-corrected chi connectivity index (χ3v) is 6.13. The minimum Gasteiger partial charge on any atom is -0.324 e. The van der Waals surface area contributed by atoms with Gasteiger partial charge in [0.2, 0.25) is 5.91 Å². The predicted octanol–water partition coefficient (Wildman–Crippen LogP) is 3.24. The van der Waals surface area contributed by atoms with E-state index in [0.717, 1.165) is 42.5 Å². The van der Waals surface area contributed by atoms with Crippen molar-refractivity contribution in [2.45, 2.75) is 45.6 Å². The highest BCUT2D eigenvalue weighted by Gasteiger charge is 2.24. The summed E-state index contributed by atoms with van der Waals surface area (Å²) in [5.74, 6) is -0.279. The SMILES string of the molecule is Cc1ccccc1NC(=O)[C@H](C)n1nnc2sc3c(c2c1=O)CCCC3. The smallest absolute Gasteiger partial charge is 0.279 e. The van der Waals surface area contributed by atoms with Crippen LogP contribution in [0.2, 0.25) is 0 Å². The quantitative estimate of drug-likeness (QED) is 0.770. The first kappa shape index (κ1) is 16.9. The van der Waals surface area contributed by atoms with Crippen molar-refractivity contribution in [3.63, 3.8) is 0 Å². The molecule has 0 unspecified atom stereocenters. The largest absolute Gasteiger partial charge is 0.324 e. The molecule has 3 aromatic rings. The summed E-state index contributed by atoms with van der Waals surface area (Å²) in [5, 5.41) is 11.8. The summed E-state index contributed by atoms with van der Waals surface area (Å²) < 4.78 is 1.21. The third kappa shape index (κ3) is 2.82. The normalized spacial score (nSPS) is 14.8. The van der Waals surface area contributed by atoms with Crippen LogP contribution in [0.3, 0.4) is 0 Å². The number of thiophene rings is 1. The number of nitrogens with one attached hydrogen (secondary N) is 1. The second-order valence-electron chi connectivity index (χ2n) is 6.71. The Bertz CT molecular complexity index is 1050. The zero-order chi connectivity index (χ0) is 18.3. The fraction of sp³-hybridized carbons (Fsp3) is 0.368. The average molecular weight is 368 g/mol. The van der Waals surface area contributed by atoms with Crippen LogP contribution in [0.5, 0.6) is 0 Å². The van der Waals surface area contributed by atoms with Gasteiger partial charge in [0.1, 0.15) is 6.04 Å². The van der Waals surface area contributed by atoms with Crippen molar-refractivity contribution in [2.75, 3.05) is 5.32 Å². The van der Waals surface area contributed by atoms with Gasteiger partial charge in [0.15, 0.2) is 4.83 Å². The van der Waals surface area contributed by atoms with Gasteiger partial charge in [-0.25, -0.2) is 0 Å². The molecule has 1 aliphatic carbocycles. The maximum Gasteiger partial charge on any atom is 0.279 e. The Morgan fingerprint density at radius 1 is 1.27 bits per heavy atom. The summed E-state index contributed by atoms with van der Waals surface area (Å²) in [5.41, 5.74) is 2.59. The highest BCUT2D eigenvalue weighted by Crippen LogP contribution is 2.33. The van der Waals surface area contributed by atoms with Gasteiger partial charge in [0, 0.05) is 10.6 Å². The maximum absolute atomic E-state index is 13.0. The number of nitrogens with zero attached hydrogens (tertiary/aromatic N) is 3. The molecule has 0 aliphatic heterocycles. The highest BCUT2D eigenvalue weighted by atomic mass is 32.1. The van der Waals surface area contributed by atoms with E-state index in [2.05, 4.69) is 15.6 Å². The second-order valence-corrected chi connectivity index (χ2v) is 7.79. The molecular weight excluding hydrogens is 348 g/mol. The first-order valence-electron chi connectivity index (χ1n) is 8.82. The van der Waals surface area contributed by atoms with Crippen molar-refractivity contribution in [1.29, 1.82) is 0 Å². The Balaban J connectivity index is 1.70. The van der Waals surface area contributed by atoms with Crippen molar-refractivity contribution in [2.24, 2.45) is 0 Å². The monoisotopic (exact) mass is 368 g/mol. The van der Waals surface area contributed by atoms with Crippen LogP contribution in [0.1, 0.15) is 41.8 Å². The van der Waals surface area contributed by atoms with E-state index in [1.54, 1.807) is 18.3 Å². The number of hydrogen-bond donors (Lipinski definition) is 1. The molecule has 1 atom stereocenters. The molecule has 2 aromatic heterocycles. The molecule has 1 N–H and O–H groups in total. The molecule has 0 radical (unpaired) electrons. The highest BCUT2D eigenvalue weighted by molar-refractivity contribution is 7.18. The Labute approximate surface area is 154 Å². The molecule has 0 saturated heterocycles. The number of amides is 1. The molecule has 0 saturated carbocycles. The van der Waals surface area contributed by atoms with Crippen LogP contribution in [0.4, 0.5) is 5.69 Å². The average Bonchev–Trinajstić information content (AvgIpc) is 3.02. The molecule has 0 bridgehead atoms. The van der Waals surface area contributed by atoms with Crippen LogP contribution in [0, 0.1) is 6.92 Å². The standard InChI is InChI=1S/C19H20N4O2S/c1-11-7-3-5-9-14(11)20-17(24)12(2)23-19(25)16-13-8-4-6-10-15(13)26-18(16)21-22-23/h3,5,7,9,12H,4,6,8,10H2,1-2H3,(H,20,24)/t12-/m0/s1. The zero-order valence-electron chi connectivity index (χ0n) is 14.8. The summed E-state index contributed by atoms with van der Waals surface area (Å²) in [6.07, 6.45) is 4.14. The van der Waals surface area contributed by atoms with Gasteiger partial charge < -0.3 is 5.32 Å². The number of aryl methyl sites for hydroxylation is 3. The van der Waals surface area contributed by atoms with Crippen LogP contribution >= 0.6 is 11.3 Å². The summed E-state index contributed by atoms with van der Waals surface area (Å²) in [6, 6.07) is 6.81. The molecule has 134 valence electrons. The number of hydrogen-bond acceptors (Lipinski definition) is 5. The van der Waals surface area contributed by atoms with E-state index in [4.69, 9.17) is 0 Å². The van der Waals surface area contributed by atoms with Gasteiger partial charge in [-0.05, 0) is 56.7 Å². The Hall–Kier alpha value is -2.54. The molecule has 1 aliphatic rings. The van der Waals surface area contributed by atoms with E-state index >= 15 is 0 Å². The van der Waals surface area contributed by atoms with Crippen molar-refractivity contribution in [1.82, 2.24) is 15.0 Å². The maximum atomic E-state index is 13.0. The van der Waals surface area contributed by atoms with Crippen LogP contribution in [0.15, 0.2) is 29.1 Å². The third-order valence-electron chi connectivity index (χ3n) is 4.96. The Kier molecular flexibility index (Phi) is 4.32. The lowest BCUT2D eigenvalue weighted by molar-refractivity contribution is -0.119.